The summed E-state index contributed by atoms with van der Waals surface area (Å²) in [5.41, 5.74) is 1.24. The van der Waals surface area contributed by atoms with E-state index in [1.165, 1.54) is 18.4 Å². The van der Waals surface area contributed by atoms with Crippen molar-refractivity contribution in [2.24, 2.45) is 0 Å². The lowest BCUT2D eigenvalue weighted by molar-refractivity contribution is -0.123. The quantitative estimate of drug-likeness (QED) is 0.838. The van der Waals surface area contributed by atoms with Crippen LogP contribution in [0.1, 0.15) is 42.0 Å². The standard InChI is InChI=1S/C18H22N4O2/c23-16(19-9-8-13-4-2-1-3-5-13)12-22-10-15(11-22)18-20-17(21-24-18)14-6-7-14/h1-5,14-15H,6-12H2,(H,19,23). The van der Waals surface area contributed by atoms with Crippen LogP contribution in [0, 0.1) is 0 Å². The summed E-state index contributed by atoms with van der Waals surface area (Å²) in [5, 5.41) is 7.03. The van der Waals surface area contributed by atoms with E-state index in [-0.39, 0.29) is 11.8 Å². The van der Waals surface area contributed by atoms with Gasteiger partial charge in [-0.3, -0.25) is 9.69 Å². The Morgan fingerprint density at radius 3 is 2.75 bits per heavy atom. The van der Waals surface area contributed by atoms with Gasteiger partial charge in [-0.25, -0.2) is 0 Å². The smallest absolute Gasteiger partial charge is 0.234 e. The highest BCUT2D eigenvalue weighted by Crippen LogP contribution is 2.39. The summed E-state index contributed by atoms with van der Waals surface area (Å²) in [6.07, 6.45) is 3.22. The van der Waals surface area contributed by atoms with E-state index in [4.69, 9.17) is 4.52 Å². The monoisotopic (exact) mass is 326 g/mol. The van der Waals surface area contributed by atoms with Gasteiger partial charge in [-0.15, -0.1) is 0 Å². The molecule has 1 saturated carbocycles. The molecular weight excluding hydrogens is 304 g/mol. The van der Waals surface area contributed by atoms with Gasteiger partial charge in [0.2, 0.25) is 11.8 Å². The Morgan fingerprint density at radius 2 is 2.00 bits per heavy atom. The van der Waals surface area contributed by atoms with Gasteiger partial charge in [-0.1, -0.05) is 35.5 Å². The van der Waals surface area contributed by atoms with Crippen molar-refractivity contribution in [1.82, 2.24) is 20.4 Å². The van der Waals surface area contributed by atoms with Crippen LogP contribution in [-0.4, -0.2) is 47.1 Å². The number of amides is 1. The van der Waals surface area contributed by atoms with Crippen LogP contribution in [0.5, 0.6) is 0 Å². The predicted octanol–water partition coefficient (Wildman–Crippen LogP) is 1.71. The first-order chi connectivity index (χ1) is 11.8. The highest BCUT2D eigenvalue weighted by molar-refractivity contribution is 5.78. The zero-order valence-electron chi connectivity index (χ0n) is 13.6. The summed E-state index contributed by atoms with van der Waals surface area (Å²) in [6.45, 7) is 2.75. The van der Waals surface area contributed by atoms with Crippen molar-refractivity contribution in [2.45, 2.75) is 31.1 Å². The number of hydrogen-bond acceptors (Lipinski definition) is 5. The van der Waals surface area contributed by atoms with Gasteiger partial charge in [0, 0.05) is 25.6 Å². The Bertz CT molecular complexity index is 690. The molecule has 1 N–H and O–H groups in total. The molecule has 2 aromatic rings. The normalized spacial score (nSPS) is 18.3. The fraction of sp³-hybridized carbons (Fsp3) is 0.500. The van der Waals surface area contributed by atoms with E-state index in [2.05, 4.69) is 32.5 Å². The molecule has 126 valence electrons. The molecule has 1 aromatic heterocycles. The molecule has 1 amide bonds. The highest BCUT2D eigenvalue weighted by Gasteiger charge is 2.35. The number of carbonyl (C=O) groups is 1. The minimum atomic E-state index is 0.0774. The first-order valence-electron chi connectivity index (χ1n) is 8.64. The van der Waals surface area contributed by atoms with Gasteiger partial charge in [0.05, 0.1) is 12.5 Å². The van der Waals surface area contributed by atoms with Crippen LogP contribution in [-0.2, 0) is 11.2 Å². The molecule has 1 aliphatic carbocycles. The van der Waals surface area contributed by atoms with Crippen molar-refractivity contribution in [3.8, 4) is 0 Å². The average Bonchev–Trinajstić information content (AvgIpc) is 3.30. The second-order valence-electron chi connectivity index (χ2n) is 6.74. The van der Waals surface area contributed by atoms with E-state index in [9.17, 15) is 4.79 Å². The summed E-state index contributed by atoms with van der Waals surface area (Å²) >= 11 is 0. The van der Waals surface area contributed by atoms with Gasteiger partial charge >= 0.3 is 0 Å². The largest absolute Gasteiger partial charge is 0.355 e. The summed E-state index contributed by atoms with van der Waals surface area (Å²) in [5.74, 6) is 2.48. The number of carbonyl (C=O) groups excluding carboxylic acids is 1. The summed E-state index contributed by atoms with van der Waals surface area (Å²) in [6, 6.07) is 10.2. The third kappa shape index (κ3) is 3.64. The molecule has 0 spiro atoms. The Labute approximate surface area is 141 Å². The summed E-state index contributed by atoms with van der Waals surface area (Å²) < 4.78 is 5.35. The van der Waals surface area contributed by atoms with E-state index in [0.717, 1.165) is 31.2 Å². The minimum absolute atomic E-state index is 0.0774. The van der Waals surface area contributed by atoms with Crippen LogP contribution in [0.25, 0.3) is 0 Å². The molecule has 6 heteroatoms. The molecule has 1 aliphatic heterocycles. The molecule has 2 fully saturated rings. The number of nitrogens with zero attached hydrogens (tertiary/aromatic N) is 3. The van der Waals surface area contributed by atoms with E-state index >= 15 is 0 Å². The molecule has 0 radical (unpaired) electrons. The fourth-order valence-corrected chi connectivity index (χ4v) is 3.03. The molecule has 4 rings (SSSR count). The Morgan fingerprint density at radius 1 is 1.21 bits per heavy atom. The van der Waals surface area contributed by atoms with Gasteiger partial charge in [-0.2, -0.15) is 4.98 Å². The number of benzene rings is 1. The molecule has 24 heavy (non-hydrogen) atoms. The molecule has 6 nitrogen and oxygen atoms in total. The van der Waals surface area contributed by atoms with Crippen molar-refractivity contribution >= 4 is 5.91 Å². The van der Waals surface area contributed by atoms with Gasteiger partial charge in [0.15, 0.2) is 5.82 Å². The number of aromatic nitrogens is 2. The summed E-state index contributed by atoms with van der Waals surface area (Å²) in [4.78, 5) is 18.6. The van der Waals surface area contributed by atoms with Gasteiger partial charge in [0.1, 0.15) is 0 Å². The second-order valence-corrected chi connectivity index (χ2v) is 6.74. The van der Waals surface area contributed by atoms with Crippen LogP contribution in [0.2, 0.25) is 0 Å². The maximum atomic E-state index is 12.0. The number of nitrogens with one attached hydrogen (secondary N) is 1. The van der Waals surface area contributed by atoms with Crippen LogP contribution in [0.15, 0.2) is 34.9 Å². The lowest BCUT2D eigenvalue weighted by Crippen LogP contribution is -2.49. The minimum Gasteiger partial charge on any atom is -0.355 e. The third-order valence-electron chi connectivity index (χ3n) is 4.65. The maximum Gasteiger partial charge on any atom is 0.234 e. The van der Waals surface area contributed by atoms with Crippen molar-refractivity contribution in [1.29, 1.82) is 0 Å². The van der Waals surface area contributed by atoms with Crippen LogP contribution < -0.4 is 5.32 Å². The first-order valence-corrected chi connectivity index (χ1v) is 8.64. The van der Waals surface area contributed by atoms with E-state index in [1.54, 1.807) is 0 Å². The predicted molar refractivity (Wildman–Crippen MR) is 88.6 cm³/mol. The number of hydrogen-bond donors (Lipinski definition) is 1. The SMILES string of the molecule is O=C(CN1CC(c2nc(C3CC3)no2)C1)NCCc1ccccc1. The molecule has 0 atom stereocenters. The molecular formula is C18H22N4O2. The van der Waals surface area contributed by atoms with Gasteiger partial charge in [-0.05, 0) is 24.8 Å². The molecule has 0 unspecified atom stereocenters. The third-order valence-corrected chi connectivity index (χ3v) is 4.65. The van der Waals surface area contributed by atoms with Crippen LogP contribution in [0.4, 0.5) is 0 Å². The maximum absolute atomic E-state index is 12.0. The zero-order chi connectivity index (χ0) is 16.4. The lowest BCUT2D eigenvalue weighted by atomic mass is 10.0. The first kappa shape index (κ1) is 15.3. The van der Waals surface area contributed by atoms with Crippen LogP contribution >= 0.6 is 0 Å². The number of likely N-dealkylation sites (tertiary alicyclic amines) is 1. The molecule has 0 bridgehead atoms. The summed E-state index contributed by atoms with van der Waals surface area (Å²) in [7, 11) is 0. The van der Waals surface area contributed by atoms with Gasteiger partial charge < -0.3 is 9.84 Å². The Kier molecular flexibility index (Phi) is 4.30. The van der Waals surface area contributed by atoms with E-state index in [1.807, 2.05) is 18.2 Å². The van der Waals surface area contributed by atoms with E-state index < -0.39 is 0 Å². The van der Waals surface area contributed by atoms with Crippen molar-refractivity contribution in [3.63, 3.8) is 0 Å². The van der Waals surface area contributed by atoms with Crippen molar-refractivity contribution in [3.05, 3.63) is 47.6 Å². The highest BCUT2D eigenvalue weighted by atomic mass is 16.5. The van der Waals surface area contributed by atoms with Crippen LogP contribution in [0.3, 0.4) is 0 Å². The number of rotatable bonds is 7. The zero-order valence-corrected chi connectivity index (χ0v) is 13.6. The Balaban J connectivity index is 1.15. The fourth-order valence-electron chi connectivity index (χ4n) is 3.03. The topological polar surface area (TPSA) is 71.3 Å². The van der Waals surface area contributed by atoms with Crippen molar-refractivity contribution in [2.75, 3.05) is 26.2 Å². The lowest BCUT2D eigenvalue weighted by Gasteiger charge is -2.36. The molecule has 1 aromatic carbocycles. The Hall–Kier alpha value is -2.21. The molecule has 1 saturated heterocycles. The molecule has 2 aliphatic rings. The average molecular weight is 326 g/mol. The molecule has 2 heterocycles. The van der Waals surface area contributed by atoms with Crippen molar-refractivity contribution < 1.29 is 9.32 Å². The van der Waals surface area contributed by atoms with Gasteiger partial charge in [0.25, 0.3) is 0 Å². The van der Waals surface area contributed by atoms with E-state index in [0.29, 0.717) is 19.0 Å². The second kappa shape index (κ2) is 6.73.